The molecule has 0 atom stereocenters. The molecule has 0 saturated heterocycles. The molecule has 0 unspecified atom stereocenters. The van der Waals surface area contributed by atoms with Crippen molar-refractivity contribution in [3.8, 4) is 5.75 Å². The van der Waals surface area contributed by atoms with E-state index >= 15 is 0 Å². The van der Waals surface area contributed by atoms with Gasteiger partial charge in [0.15, 0.2) is 5.75 Å². The zero-order valence-electron chi connectivity index (χ0n) is 16.7. The summed E-state index contributed by atoms with van der Waals surface area (Å²) in [5, 5.41) is 5.12. The summed E-state index contributed by atoms with van der Waals surface area (Å²) in [6.07, 6.45) is 1.46. The fourth-order valence-corrected chi connectivity index (χ4v) is 3.70. The van der Waals surface area contributed by atoms with E-state index in [0.29, 0.717) is 22.3 Å². The lowest BCUT2D eigenvalue weighted by molar-refractivity contribution is -0.131. The Bertz CT molecular complexity index is 1220. The van der Waals surface area contributed by atoms with Gasteiger partial charge in [-0.25, -0.2) is 4.98 Å². The molecule has 3 aromatic rings. The summed E-state index contributed by atoms with van der Waals surface area (Å²) in [6, 6.07) is 8.43. The second-order valence-corrected chi connectivity index (χ2v) is 9.35. The van der Waals surface area contributed by atoms with Crippen molar-refractivity contribution in [2.24, 2.45) is 5.10 Å². The maximum absolute atomic E-state index is 13.2. The van der Waals surface area contributed by atoms with Crippen LogP contribution >= 0.6 is 39.1 Å². The monoisotopic (exact) mass is 509 g/mol. The van der Waals surface area contributed by atoms with Gasteiger partial charge in [-0.05, 0) is 35.9 Å². The van der Waals surface area contributed by atoms with Gasteiger partial charge in [0.1, 0.15) is 5.82 Å². The third-order valence-corrected chi connectivity index (χ3v) is 5.12. The van der Waals surface area contributed by atoms with Crippen LogP contribution in [0.15, 0.2) is 44.7 Å². The van der Waals surface area contributed by atoms with Crippen LogP contribution < -0.4 is 10.3 Å². The molecule has 0 saturated carbocycles. The molecule has 2 aromatic carbocycles. The van der Waals surface area contributed by atoms with Crippen molar-refractivity contribution in [1.82, 2.24) is 9.66 Å². The Morgan fingerprint density at radius 2 is 1.83 bits per heavy atom. The number of esters is 1. The molecule has 30 heavy (non-hydrogen) atoms. The highest BCUT2D eigenvalue weighted by molar-refractivity contribution is 9.10. The maximum atomic E-state index is 13.2. The van der Waals surface area contributed by atoms with Crippen molar-refractivity contribution in [3.63, 3.8) is 0 Å². The second-order valence-electron chi connectivity index (χ2n) is 7.62. The van der Waals surface area contributed by atoms with E-state index in [1.165, 1.54) is 17.8 Å². The Balaban J connectivity index is 2.15. The Labute approximate surface area is 191 Å². The lowest BCUT2D eigenvalue weighted by Gasteiger charge is -2.20. The molecule has 1 heterocycles. The molecule has 0 aliphatic rings. The average Bonchev–Trinajstić information content (AvgIpc) is 2.63. The summed E-state index contributed by atoms with van der Waals surface area (Å²) < 4.78 is 7.06. The lowest BCUT2D eigenvalue weighted by Crippen LogP contribution is -2.29. The third kappa shape index (κ3) is 4.74. The highest BCUT2D eigenvalue weighted by Gasteiger charge is 2.23. The van der Waals surface area contributed by atoms with Gasteiger partial charge in [0, 0.05) is 16.8 Å². The van der Waals surface area contributed by atoms with Gasteiger partial charge in [0.25, 0.3) is 5.56 Å². The molecular formula is C21H18BrCl2N3O3. The van der Waals surface area contributed by atoms with Gasteiger partial charge >= 0.3 is 5.97 Å². The first-order chi connectivity index (χ1) is 14.0. The molecule has 6 nitrogen and oxygen atoms in total. The molecule has 9 heteroatoms. The van der Waals surface area contributed by atoms with Gasteiger partial charge < -0.3 is 4.74 Å². The smallest absolute Gasteiger partial charge is 0.308 e. The molecule has 1 aromatic heterocycles. The Morgan fingerprint density at radius 1 is 1.20 bits per heavy atom. The number of carbonyl (C=O) groups is 1. The molecule has 0 aliphatic carbocycles. The zero-order valence-corrected chi connectivity index (χ0v) is 19.8. The minimum absolute atomic E-state index is 0.0766. The van der Waals surface area contributed by atoms with Crippen molar-refractivity contribution < 1.29 is 9.53 Å². The molecule has 0 fully saturated rings. The summed E-state index contributed by atoms with van der Waals surface area (Å²) in [6.45, 7) is 7.11. The van der Waals surface area contributed by atoms with Crippen molar-refractivity contribution >= 4 is 62.2 Å². The van der Waals surface area contributed by atoms with E-state index < -0.39 is 11.4 Å². The Morgan fingerprint density at radius 3 is 2.40 bits per heavy atom. The van der Waals surface area contributed by atoms with E-state index in [2.05, 4.69) is 26.0 Å². The fraction of sp³-hybridized carbons (Fsp3) is 0.238. The van der Waals surface area contributed by atoms with Gasteiger partial charge in [-0.15, -0.1) is 0 Å². The highest BCUT2D eigenvalue weighted by Crippen LogP contribution is 2.34. The average molecular weight is 511 g/mol. The molecule has 0 amide bonds. The number of rotatable bonds is 3. The van der Waals surface area contributed by atoms with Gasteiger partial charge in [0.2, 0.25) is 0 Å². The first kappa shape index (κ1) is 22.5. The van der Waals surface area contributed by atoms with E-state index in [1.54, 1.807) is 24.3 Å². The topological polar surface area (TPSA) is 73.5 Å². The first-order valence-corrected chi connectivity index (χ1v) is 10.5. The SMILES string of the molecule is CC(=O)Oc1c(Cl)cc(C=Nn2c(C(C)(C)C)nc3ccc(Br)cc3c2=O)cc1Cl. The number of nitrogens with zero attached hydrogens (tertiary/aromatic N) is 3. The van der Waals surface area contributed by atoms with Gasteiger partial charge in [-0.2, -0.15) is 9.78 Å². The van der Waals surface area contributed by atoms with Crippen LogP contribution in [0.5, 0.6) is 5.75 Å². The standard InChI is InChI=1S/C21H18BrCl2N3O3/c1-11(28)30-18-15(23)7-12(8-16(18)24)10-25-27-19(29)14-9-13(22)5-6-17(14)26-20(27)21(2,3)4/h5-10H,1-4H3. The predicted octanol–water partition coefficient (Wildman–Crippen LogP) is 5.57. The first-order valence-electron chi connectivity index (χ1n) is 8.92. The summed E-state index contributed by atoms with van der Waals surface area (Å²) >= 11 is 15.7. The predicted molar refractivity (Wildman–Crippen MR) is 123 cm³/mol. The van der Waals surface area contributed by atoms with Crippen LogP contribution in [0.4, 0.5) is 0 Å². The number of benzene rings is 2. The van der Waals surface area contributed by atoms with Crippen molar-refractivity contribution in [2.45, 2.75) is 33.1 Å². The summed E-state index contributed by atoms with van der Waals surface area (Å²) in [5.74, 6) is 0.0510. The molecule has 0 N–H and O–H groups in total. The number of carbonyl (C=O) groups excluding carboxylic acids is 1. The molecule has 156 valence electrons. The highest BCUT2D eigenvalue weighted by atomic mass is 79.9. The molecule has 3 rings (SSSR count). The number of hydrogen-bond donors (Lipinski definition) is 0. The molecule has 0 spiro atoms. The number of hydrogen-bond acceptors (Lipinski definition) is 5. The third-order valence-electron chi connectivity index (χ3n) is 4.07. The number of fused-ring (bicyclic) bond motifs is 1. The largest absolute Gasteiger partial charge is 0.424 e. The van der Waals surface area contributed by atoms with Crippen LogP contribution in [0, 0.1) is 0 Å². The van der Waals surface area contributed by atoms with Gasteiger partial charge in [-0.3, -0.25) is 9.59 Å². The second kappa shape index (κ2) is 8.49. The Hall–Kier alpha value is -2.22. The molecule has 0 radical (unpaired) electrons. The number of ether oxygens (including phenoxy) is 1. The van der Waals surface area contributed by atoms with E-state index in [1.807, 2.05) is 26.8 Å². The van der Waals surface area contributed by atoms with Crippen LogP contribution in [-0.4, -0.2) is 21.8 Å². The fourth-order valence-electron chi connectivity index (χ4n) is 2.76. The van der Waals surface area contributed by atoms with E-state index in [4.69, 9.17) is 27.9 Å². The lowest BCUT2D eigenvalue weighted by atomic mass is 9.95. The van der Waals surface area contributed by atoms with Crippen molar-refractivity contribution in [3.05, 3.63) is 66.6 Å². The van der Waals surface area contributed by atoms with E-state index in [0.717, 1.165) is 4.47 Å². The summed E-state index contributed by atoms with van der Waals surface area (Å²) in [5.41, 5.74) is 0.390. The van der Waals surface area contributed by atoms with Crippen molar-refractivity contribution in [2.75, 3.05) is 0 Å². The quantitative estimate of drug-likeness (QED) is 0.262. The zero-order chi connectivity index (χ0) is 22.2. The summed E-state index contributed by atoms with van der Waals surface area (Å²) in [4.78, 5) is 29.0. The van der Waals surface area contributed by atoms with E-state index in [9.17, 15) is 9.59 Å². The van der Waals surface area contributed by atoms with Crippen LogP contribution in [0.2, 0.25) is 10.0 Å². The maximum Gasteiger partial charge on any atom is 0.308 e. The van der Waals surface area contributed by atoms with Crippen molar-refractivity contribution in [1.29, 1.82) is 0 Å². The Kier molecular flexibility index (Phi) is 6.36. The van der Waals surface area contributed by atoms with Crippen LogP contribution in [-0.2, 0) is 10.2 Å². The molecular weight excluding hydrogens is 493 g/mol. The minimum atomic E-state index is -0.532. The van der Waals surface area contributed by atoms with Crippen LogP contribution in [0.1, 0.15) is 39.1 Å². The van der Waals surface area contributed by atoms with E-state index in [-0.39, 0.29) is 21.4 Å². The normalized spacial score (nSPS) is 12.0. The number of aromatic nitrogens is 2. The summed E-state index contributed by atoms with van der Waals surface area (Å²) in [7, 11) is 0. The molecule has 0 bridgehead atoms. The molecule has 0 aliphatic heterocycles. The van der Waals surface area contributed by atoms with Crippen LogP contribution in [0.3, 0.4) is 0 Å². The van der Waals surface area contributed by atoms with Gasteiger partial charge in [0.05, 0.1) is 27.2 Å². The number of halogens is 3. The van der Waals surface area contributed by atoms with Crippen LogP contribution in [0.25, 0.3) is 10.9 Å². The van der Waals surface area contributed by atoms with Gasteiger partial charge in [-0.1, -0.05) is 59.9 Å². The minimum Gasteiger partial charge on any atom is -0.424 e.